The monoisotopic (exact) mass is 142 g/mol. The third-order valence-electron chi connectivity index (χ3n) is 2.54. The zero-order valence-corrected chi connectivity index (χ0v) is 7.06. The van der Waals surface area contributed by atoms with Crippen molar-refractivity contribution in [3.8, 4) is 0 Å². The van der Waals surface area contributed by atoms with Crippen LogP contribution in [0.1, 0.15) is 46.0 Å². The van der Waals surface area contributed by atoms with Gasteiger partial charge >= 0.3 is 0 Å². The highest BCUT2D eigenvalue weighted by Crippen LogP contribution is 2.45. The number of hydrogen-bond acceptors (Lipinski definition) is 1. The van der Waals surface area contributed by atoms with Gasteiger partial charge in [-0.2, -0.15) is 0 Å². The summed E-state index contributed by atoms with van der Waals surface area (Å²) < 4.78 is 0. The second kappa shape index (κ2) is 2.91. The molecule has 1 aliphatic rings. The molecule has 1 heteroatoms. The summed E-state index contributed by atoms with van der Waals surface area (Å²) in [6.07, 6.45) is 6.19. The van der Waals surface area contributed by atoms with Gasteiger partial charge in [-0.05, 0) is 25.7 Å². The van der Waals surface area contributed by atoms with E-state index in [-0.39, 0.29) is 5.60 Å². The molecular weight excluding hydrogens is 124 g/mol. The second-order valence-corrected chi connectivity index (χ2v) is 3.75. The fourth-order valence-corrected chi connectivity index (χ4v) is 1.49. The summed E-state index contributed by atoms with van der Waals surface area (Å²) in [5.74, 6) is 0.624. The Morgan fingerprint density at radius 1 is 1.50 bits per heavy atom. The first-order valence-corrected chi connectivity index (χ1v) is 4.39. The zero-order chi connectivity index (χ0) is 7.61. The topological polar surface area (TPSA) is 20.2 Å². The average Bonchev–Trinajstić information content (AvgIpc) is 2.41. The molecule has 0 aliphatic heterocycles. The molecule has 1 fully saturated rings. The lowest BCUT2D eigenvalue weighted by atomic mass is 10.1. The van der Waals surface area contributed by atoms with E-state index in [1.165, 1.54) is 25.7 Å². The van der Waals surface area contributed by atoms with Gasteiger partial charge in [0.15, 0.2) is 0 Å². The van der Waals surface area contributed by atoms with E-state index in [0.717, 1.165) is 6.42 Å². The standard InChI is InChI=1S/C9H18O/c1-3-4-5-6-8-7-9(8,2)10/h8,10H,3-7H2,1-2H3/t8-,9+/m0/s1. The lowest BCUT2D eigenvalue weighted by Crippen LogP contribution is -2.02. The van der Waals surface area contributed by atoms with Crippen LogP contribution in [0.15, 0.2) is 0 Å². The maximum atomic E-state index is 9.39. The molecule has 1 nitrogen and oxygen atoms in total. The van der Waals surface area contributed by atoms with Crippen LogP contribution in [0.25, 0.3) is 0 Å². The molecule has 0 bridgehead atoms. The van der Waals surface area contributed by atoms with Gasteiger partial charge in [-0.1, -0.05) is 26.2 Å². The highest BCUT2D eigenvalue weighted by atomic mass is 16.3. The molecule has 0 heterocycles. The molecule has 2 atom stereocenters. The fourth-order valence-electron chi connectivity index (χ4n) is 1.49. The summed E-state index contributed by atoms with van der Waals surface area (Å²) >= 11 is 0. The number of unbranched alkanes of at least 4 members (excludes halogenated alkanes) is 2. The molecule has 0 radical (unpaired) electrons. The van der Waals surface area contributed by atoms with Crippen molar-refractivity contribution in [1.29, 1.82) is 0 Å². The third kappa shape index (κ3) is 1.98. The quantitative estimate of drug-likeness (QED) is 0.597. The van der Waals surface area contributed by atoms with Crippen LogP contribution in [0.2, 0.25) is 0 Å². The van der Waals surface area contributed by atoms with Gasteiger partial charge in [-0.25, -0.2) is 0 Å². The van der Waals surface area contributed by atoms with E-state index in [1.54, 1.807) is 0 Å². The Bertz CT molecular complexity index is 107. The van der Waals surface area contributed by atoms with E-state index in [1.807, 2.05) is 6.92 Å². The SMILES string of the molecule is CCCCC[C@H]1C[C@@]1(C)O. The zero-order valence-electron chi connectivity index (χ0n) is 7.06. The molecule has 0 aromatic carbocycles. The average molecular weight is 142 g/mol. The van der Waals surface area contributed by atoms with E-state index in [0.29, 0.717) is 5.92 Å². The first kappa shape index (κ1) is 8.06. The molecule has 1 saturated carbocycles. The lowest BCUT2D eigenvalue weighted by Gasteiger charge is -2.00. The summed E-state index contributed by atoms with van der Waals surface area (Å²) in [4.78, 5) is 0. The van der Waals surface area contributed by atoms with E-state index >= 15 is 0 Å². The first-order valence-electron chi connectivity index (χ1n) is 4.39. The summed E-state index contributed by atoms with van der Waals surface area (Å²) in [7, 11) is 0. The second-order valence-electron chi connectivity index (χ2n) is 3.75. The van der Waals surface area contributed by atoms with Crippen LogP contribution in [-0.4, -0.2) is 10.7 Å². The molecule has 0 aromatic rings. The predicted molar refractivity (Wildman–Crippen MR) is 42.9 cm³/mol. The summed E-state index contributed by atoms with van der Waals surface area (Å²) in [5, 5.41) is 9.39. The fraction of sp³-hybridized carbons (Fsp3) is 1.00. The summed E-state index contributed by atoms with van der Waals surface area (Å²) in [6.45, 7) is 4.16. The van der Waals surface area contributed by atoms with Crippen LogP contribution < -0.4 is 0 Å². The van der Waals surface area contributed by atoms with Gasteiger partial charge in [-0.3, -0.25) is 0 Å². The van der Waals surface area contributed by atoms with E-state index in [2.05, 4.69) is 6.92 Å². The summed E-state index contributed by atoms with van der Waals surface area (Å²) in [5.41, 5.74) is -0.284. The van der Waals surface area contributed by atoms with Gasteiger partial charge in [0.1, 0.15) is 0 Å². The van der Waals surface area contributed by atoms with Gasteiger partial charge < -0.3 is 5.11 Å². The van der Waals surface area contributed by atoms with Gasteiger partial charge in [0.25, 0.3) is 0 Å². The third-order valence-corrected chi connectivity index (χ3v) is 2.54. The van der Waals surface area contributed by atoms with Crippen molar-refractivity contribution in [2.75, 3.05) is 0 Å². The van der Waals surface area contributed by atoms with Crippen molar-refractivity contribution in [2.45, 2.75) is 51.6 Å². The maximum absolute atomic E-state index is 9.39. The molecule has 60 valence electrons. The molecule has 0 aromatic heterocycles. The normalized spacial score (nSPS) is 38.1. The minimum atomic E-state index is -0.284. The largest absolute Gasteiger partial charge is 0.390 e. The first-order chi connectivity index (χ1) is 4.67. The Morgan fingerprint density at radius 2 is 2.10 bits per heavy atom. The van der Waals surface area contributed by atoms with E-state index in [4.69, 9.17) is 0 Å². The van der Waals surface area contributed by atoms with Gasteiger partial charge in [0.05, 0.1) is 5.60 Å². The molecule has 1 rings (SSSR count). The lowest BCUT2D eigenvalue weighted by molar-refractivity contribution is 0.149. The van der Waals surface area contributed by atoms with Crippen molar-refractivity contribution in [3.63, 3.8) is 0 Å². The maximum Gasteiger partial charge on any atom is 0.0652 e. The highest BCUT2D eigenvalue weighted by molar-refractivity contribution is 4.98. The molecule has 1 aliphatic carbocycles. The van der Waals surface area contributed by atoms with Crippen LogP contribution in [0.3, 0.4) is 0 Å². The number of hydrogen-bond donors (Lipinski definition) is 1. The minimum absolute atomic E-state index is 0.284. The number of aliphatic hydroxyl groups is 1. The van der Waals surface area contributed by atoms with Crippen LogP contribution in [0.5, 0.6) is 0 Å². The van der Waals surface area contributed by atoms with Crippen molar-refractivity contribution >= 4 is 0 Å². The Labute approximate surface area is 63.4 Å². The Balaban J connectivity index is 1.97. The molecule has 0 spiro atoms. The minimum Gasteiger partial charge on any atom is -0.390 e. The molecule has 1 N–H and O–H groups in total. The smallest absolute Gasteiger partial charge is 0.0652 e. The Hall–Kier alpha value is -0.0400. The van der Waals surface area contributed by atoms with Gasteiger partial charge in [-0.15, -0.1) is 0 Å². The van der Waals surface area contributed by atoms with Crippen molar-refractivity contribution in [3.05, 3.63) is 0 Å². The van der Waals surface area contributed by atoms with Crippen LogP contribution in [0.4, 0.5) is 0 Å². The van der Waals surface area contributed by atoms with E-state index in [9.17, 15) is 5.11 Å². The predicted octanol–water partition coefficient (Wildman–Crippen LogP) is 2.34. The van der Waals surface area contributed by atoms with Crippen molar-refractivity contribution < 1.29 is 5.11 Å². The van der Waals surface area contributed by atoms with Crippen LogP contribution >= 0.6 is 0 Å². The van der Waals surface area contributed by atoms with Crippen molar-refractivity contribution in [1.82, 2.24) is 0 Å². The number of rotatable bonds is 4. The molecule has 0 amide bonds. The summed E-state index contributed by atoms with van der Waals surface area (Å²) in [6, 6.07) is 0. The molecule has 0 saturated heterocycles. The Kier molecular flexibility index (Phi) is 2.35. The molecule has 10 heavy (non-hydrogen) atoms. The van der Waals surface area contributed by atoms with E-state index < -0.39 is 0 Å². The van der Waals surface area contributed by atoms with Gasteiger partial charge in [0.2, 0.25) is 0 Å². The highest BCUT2D eigenvalue weighted by Gasteiger charge is 2.47. The van der Waals surface area contributed by atoms with Crippen molar-refractivity contribution in [2.24, 2.45) is 5.92 Å². The van der Waals surface area contributed by atoms with Crippen LogP contribution in [0, 0.1) is 5.92 Å². The molecule has 0 unspecified atom stereocenters. The Morgan fingerprint density at radius 3 is 2.50 bits per heavy atom. The van der Waals surface area contributed by atoms with Crippen LogP contribution in [-0.2, 0) is 0 Å². The van der Waals surface area contributed by atoms with Gasteiger partial charge in [0, 0.05) is 0 Å². The molecular formula is C9H18O.